The van der Waals surface area contributed by atoms with Crippen LogP contribution in [-0.4, -0.2) is 28.1 Å². The number of rotatable bonds is 3. The molecular formula is C13H21N3OS. The summed E-state index contributed by atoms with van der Waals surface area (Å²) in [5, 5.41) is 4.54. The predicted octanol–water partition coefficient (Wildman–Crippen LogP) is 2.89. The van der Waals surface area contributed by atoms with Gasteiger partial charge in [0.1, 0.15) is 5.82 Å². The molecule has 18 heavy (non-hydrogen) atoms. The van der Waals surface area contributed by atoms with E-state index in [1.165, 1.54) is 18.0 Å². The zero-order valence-corrected chi connectivity index (χ0v) is 12.3. The minimum absolute atomic E-state index is 0.199. The zero-order valence-electron chi connectivity index (χ0n) is 11.4. The first-order valence-electron chi connectivity index (χ1n) is 6.72. The Labute approximate surface area is 112 Å². The molecule has 1 aromatic rings. The van der Waals surface area contributed by atoms with Gasteiger partial charge in [-0.25, -0.2) is 4.98 Å². The molecule has 2 aliphatic rings. The summed E-state index contributed by atoms with van der Waals surface area (Å²) in [6, 6.07) is 0.470. The van der Waals surface area contributed by atoms with Crippen molar-refractivity contribution in [3.8, 4) is 0 Å². The van der Waals surface area contributed by atoms with Crippen LogP contribution < -0.4 is 5.32 Å². The molecule has 1 aromatic heterocycles. The summed E-state index contributed by atoms with van der Waals surface area (Å²) >= 11 is 1.48. The molecule has 0 spiro atoms. The molecule has 1 aliphatic heterocycles. The van der Waals surface area contributed by atoms with E-state index in [1.54, 1.807) is 0 Å². The average molecular weight is 267 g/mol. The smallest absolute Gasteiger partial charge is 0.202 e. The molecule has 1 aliphatic carbocycles. The van der Waals surface area contributed by atoms with Gasteiger partial charge in [0.05, 0.1) is 6.10 Å². The van der Waals surface area contributed by atoms with Gasteiger partial charge in [-0.3, -0.25) is 0 Å². The topological polar surface area (TPSA) is 47.0 Å². The number of aromatic nitrogens is 2. The first-order valence-corrected chi connectivity index (χ1v) is 7.49. The number of nitrogens with one attached hydrogen (secondary N) is 1. The fourth-order valence-corrected chi connectivity index (χ4v) is 4.02. The molecule has 2 fully saturated rings. The van der Waals surface area contributed by atoms with Crippen molar-refractivity contribution in [1.82, 2.24) is 9.36 Å². The summed E-state index contributed by atoms with van der Waals surface area (Å²) < 4.78 is 10.2. The molecule has 100 valence electrons. The Kier molecular flexibility index (Phi) is 2.86. The standard InChI is InChI=1S/C13H21N3OS/c1-7(2)11-15-12(18-16-11)14-9-8-5-6-17-10(8)13(9,3)4/h7-10H,5-6H2,1-4H3,(H,14,15,16)/t8-,9+,10+/m0/s1. The lowest BCUT2D eigenvalue weighted by molar-refractivity contribution is -0.0923. The Morgan fingerprint density at radius 2 is 2.22 bits per heavy atom. The number of anilines is 1. The molecule has 0 bridgehead atoms. The Balaban J connectivity index is 1.72. The molecule has 0 amide bonds. The predicted molar refractivity (Wildman–Crippen MR) is 73.0 cm³/mol. The summed E-state index contributed by atoms with van der Waals surface area (Å²) in [4.78, 5) is 4.57. The van der Waals surface area contributed by atoms with E-state index in [0.29, 0.717) is 24.0 Å². The summed E-state index contributed by atoms with van der Waals surface area (Å²) in [6.07, 6.45) is 1.59. The molecule has 1 saturated heterocycles. The van der Waals surface area contributed by atoms with E-state index in [1.807, 2.05) is 0 Å². The van der Waals surface area contributed by atoms with Crippen LogP contribution in [0.15, 0.2) is 0 Å². The van der Waals surface area contributed by atoms with Crippen molar-refractivity contribution < 1.29 is 4.74 Å². The summed E-state index contributed by atoms with van der Waals surface area (Å²) in [5.41, 5.74) is 0.199. The van der Waals surface area contributed by atoms with Gasteiger partial charge in [-0.2, -0.15) is 4.37 Å². The Morgan fingerprint density at radius 3 is 2.89 bits per heavy atom. The van der Waals surface area contributed by atoms with Crippen LogP contribution in [0.1, 0.15) is 45.9 Å². The van der Waals surface area contributed by atoms with Crippen molar-refractivity contribution in [2.75, 3.05) is 11.9 Å². The molecule has 0 unspecified atom stereocenters. The van der Waals surface area contributed by atoms with Crippen LogP contribution in [0.5, 0.6) is 0 Å². The number of ether oxygens (including phenoxy) is 1. The van der Waals surface area contributed by atoms with Crippen LogP contribution in [0.4, 0.5) is 5.13 Å². The maximum atomic E-state index is 5.81. The second-order valence-corrected chi connectivity index (χ2v) is 7.05. The zero-order chi connectivity index (χ0) is 12.9. The second kappa shape index (κ2) is 4.17. The quantitative estimate of drug-likeness (QED) is 0.914. The SMILES string of the molecule is CC(C)c1nsc(N[C@@H]2[C@@H]3CCO[C@H]3C2(C)C)n1. The number of nitrogens with zero attached hydrogens (tertiary/aromatic N) is 2. The van der Waals surface area contributed by atoms with Crippen LogP contribution in [-0.2, 0) is 4.74 Å². The van der Waals surface area contributed by atoms with E-state index >= 15 is 0 Å². The summed E-state index contributed by atoms with van der Waals surface area (Å²) in [6.45, 7) is 9.72. The van der Waals surface area contributed by atoms with Gasteiger partial charge in [0.25, 0.3) is 0 Å². The minimum Gasteiger partial charge on any atom is -0.377 e. The van der Waals surface area contributed by atoms with Crippen LogP contribution >= 0.6 is 11.5 Å². The van der Waals surface area contributed by atoms with E-state index in [0.717, 1.165) is 17.6 Å². The molecular weight excluding hydrogens is 246 g/mol. The molecule has 0 radical (unpaired) electrons. The molecule has 2 heterocycles. The Hall–Kier alpha value is -0.680. The first kappa shape index (κ1) is 12.4. The first-order chi connectivity index (χ1) is 8.50. The van der Waals surface area contributed by atoms with Crippen molar-refractivity contribution in [3.63, 3.8) is 0 Å². The third-order valence-corrected chi connectivity index (χ3v) is 5.00. The Morgan fingerprint density at radius 1 is 1.44 bits per heavy atom. The van der Waals surface area contributed by atoms with Gasteiger partial charge in [0.15, 0.2) is 0 Å². The number of hydrogen-bond donors (Lipinski definition) is 1. The van der Waals surface area contributed by atoms with Crippen molar-refractivity contribution in [3.05, 3.63) is 5.82 Å². The van der Waals surface area contributed by atoms with Crippen molar-refractivity contribution >= 4 is 16.7 Å². The fraction of sp³-hybridized carbons (Fsp3) is 0.846. The maximum Gasteiger partial charge on any atom is 0.202 e. The highest BCUT2D eigenvalue weighted by Gasteiger charge is 2.59. The molecule has 5 heteroatoms. The van der Waals surface area contributed by atoms with Gasteiger partial charge in [-0.05, 0) is 6.42 Å². The second-order valence-electron chi connectivity index (χ2n) is 6.30. The van der Waals surface area contributed by atoms with Crippen molar-refractivity contribution in [2.45, 2.75) is 52.2 Å². The Bertz CT molecular complexity index is 443. The minimum atomic E-state index is 0.199. The van der Waals surface area contributed by atoms with E-state index in [-0.39, 0.29) is 5.41 Å². The van der Waals surface area contributed by atoms with E-state index in [4.69, 9.17) is 4.74 Å². The normalized spacial score (nSPS) is 33.3. The van der Waals surface area contributed by atoms with Gasteiger partial charge in [-0.1, -0.05) is 27.7 Å². The highest BCUT2D eigenvalue weighted by Crippen LogP contribution is 2.53. The lowest BCUT2D eigenvalue weighted by Gasteiger charge is -2.54. The largest absolute Gasteiger partial charge is 0.377 e. The van der Waals surface area contributed by atoms with Gasteiger partial charge in [0, 0.05) is 41.4 Å². The van der Waals surface area contributed by atoms with Crippen molar-refractivity contribution in [1.29, 1.82) is 0 Å². The third kappa shape index (κ3) is 1.75. The molecule has 1 saturated carbocycles. The third-order valence-electron chi connectivity index (χ3n) is 4.34. The highest BCUT2D eigenvalue weighted by molar-refractivity contribution is 7.09. The van der Waals surface area contributed by atoms with Crippen LogP contribution in [0.25, 0.3) is 0 Å². The van der Waals surface area contributed by atoms with Crippen molar-refractivity contribution in [2.24, 2.45) is 11.3 Å². The van der Waals surface area contributed by atoms with Crippen LogP contribution in [0.3, 0.4) is 0 Å². The molecule has 4 nitrogen and oxygen atoms in total. The molecule has 3 rings (SSSR count). The lowest BCUT2D eigenvalue weighted by atomic mass is 9.57. The summed E-state index contributed by atoms with van der Waals surface area (Å²) in [5.74, 6) is 1.99. The van der Waals surface area contributed by atoms with Gasteiger partial charge < -0.3 is 10.1 Å². The van der Waals surface area contributed by atoms with Crippen LogP contribution in [0.2, 0.25) is 0 Å². The maximum absolute atomic E-state index is 5.81. The molecule has 0 aromatic carbocycles. The fourth-order valence-electron chi connectivity index (χ4n) is 3.28. The number of fused-ring (bicyclic) bond motifs is 1. The molecule has 1 N–H and O–H groups in total. The summed E-state index contributed by atoms with van der Waals surface area (Å²) in [7, 11) is 0. The molecule has 3 atom stereocenters. The highest BCUT2D eigenvalue weighted by atomic mass is 32.1. The average Bonchev–Trinajstić information content (AvgIpc) is 2.94. The van der Waals surface area contributed by atoms with Gasteiger partial charge in [-0.15, -0.1) is 0 Å². The van der Waals surface area contributed by atoms with Crippen LogP contribution in [0, 0.1) is 11.3 Å². The van der Waals surface area contributed by atoms with Gasteiger partial charge >= 0.3 is 0 Å². The van der Waals surface area contributed by atoms with E-state index in [2.05, 4.69) is 42.4 Å². The van der Waals surface area contributed by atoms with E-state index in [9.17, 15) is 0 Å². The lowest BCUT2D eigenvalue weighted by Crippen LogP contribution is -2.63. The number of hydrogen-bond acceptors (Lipinski definition) is 5. The van der Waals surface area contributed by atoms with E-state index < -0.39 is 0 Å². The van der Waals surface area contributed by atoms with Gasteiger partial charge in [0.2, 0.25) is 5.13 Å². The monoisotopic (exact) mass is 267 g/mol.